The molecule has 0 atom stereocenters. The summed E-state index contributed by atoms with van der Waals surface area (Å²) in [5.41, 5.74) is 4.43. The number of aryl methyl sites for hydroxylation is 1. The fourth-order valence-corrected chi connectivity index (χ4v) is 3.85. The van der Waals surface area contributed by atoms with Crippen molar-refractivity contribution < 1.29 is 9.18 Å². The monoisotopic (exact) mass is 392 g/mol. The summed E-state index contributed by atoms with van der Waals surface area (Å²) in [4.78, 5) is 21.7. The third-order valence-electron chi connectivity index (χ3n) is 5.15. The summed E-state index contributed by atoms with van der Waals surface area (Å²) in [7, 11) is 3.83. The molecular formula is C23H25FN4O. The Balaban J connectivity index is 1.73. The molecule has 0 N–H and O–H groups in total. The summed E-state index contributed by atoms with van der Waals surface area (Å²) >= 11 is 0. The number of halogens is 1. The second-order valence-electron chi connectivity index (χ2n) is 7.48. The zero-order valence-electron chi connectivity index (χ0n) is 16.8. The number of fused-ring (bicyclic) bond motifs is 2. The standard InChI is InChI=1S/C23H25FN4O/c1-26(2)15-18-17-9-3-5-11-20(17)28(23(18)29)16-22-25-19-10-4-6-12-21(19)27(22)14-8-7-13-24/h3-6,9-12,15H,7-8,13-14,16H2,1-2H3. The summed E-state index contributed by atoms with van der Waals surface area (Å²) in [5, 5.41) is 0. The van der Waals surface area contributed by atoms with E-state index in [2.05, 4.69) is 4.57 Å². The Morgan fingerprint density at radius 1 is 1.07 bits per heavy atom. The Morgan fingerprint density at radius 3 is 2.62 bits per heavy atom. The smallest absolute Gasteiger partial charge is 0.260 e. The molecule has 2 aromatic carbocycles. The van der Waals surface area contributed by atoms with Gasteiger partial charge >= 0.3 is 0 Å². The molecule has 1 aromatic heterocycles. The van der Waals surface area contributed by atoms with Crippen LogP contribution in [0.3, 0.4) is 0 Å². The van der Waals surface area contributed by atoms with E-state index >= 15 is 0 Å². The van der Waals surface area contributed by atoms with Crippen molar-refractivity contribution in [2.75, 3.05) is 25.7 Å². The molecule has 6 heteroatoms. The molecule has 0 unspecified atom stereocenters. The Kier molecular flexibility index (Phi) is 5.34. The van der Waals surface area contributed by atoms with Gasteiger partial charge in [0.15, 0.2) is 0 Å². The first-order valence-electron chi connectivity index (χ1n) is 9.90. The molecule has 0 fully saturated rings. The zero-order valence-corrected chi connectivity index (χ0v) is 16.8. The number of imidazole rings is 1. The molecule has 4 rings (SSSR count). The normalized spacial score (nSPS) is 14.8. The van der Waals surface area contributed by atoms with Crippen molar-refractivity contribution in [3.8, 4) is 0 Å². The molecule has 0 bridgehead atoms. The molecule has 0 radical (unpaired) electrons. The first-order chi connectivity index (χ1) is 14.1. The van der Waals surface area contributed by atoms with E-state index in [-0.39, 0.29) is 12.6 Å². The highest BCUT2D eigenvalue weighted by molar-refractivity contribution is 6.32. The van der Waals surface area contributed by atoms with Crippen molar-refractivity contribution in [1.29, 1.82) is 0 Å². The van der Waals surface area contributed by atoms with Gasteiger partial charge in [-0.1, -0.05) is 30.3 Å². The maximum atomic E-state index is 13.2. The van der Waals surface area contributed by atoms with Crippen LogP contribution in [0.25, 0.3) is 16.6 Å². The van der Waals surface area contributed by atoms with Crippen molar-refractivity contribution in [2.45, 2.75) is 25.9 Å². The van der Waals surface area contributed by atoms with Crippen molar-refractivity contribution in [3.05, 3.63) is 66.1 Å². The fraction of sp³-hybridized carbons (Fsp3) is 0.304. The van der Waals surface area contributed by atoms with E-state index in [1.807, 2.05) is 73.7 Å². The van der Waals surface area contributed by atoms with Gasteiger partial charge < -0.3 is 14.4 Å². The molecule has 0 aliphatic carbocycles. The topological polar surface area (TPSA) is 41.4 Å². The summed E-state index contributed by atoms with van der Waals surface area (Å²) in [5.74, 6) is 0.793. The molecule has 150 valence electrons. The lowest BCUT2D eigenvalue weighted by molar-refractivity contribution is -0.113. The third kappa shape index (κ3) is 3.62. The average molecular weight is 392 g/mol. The van der Waals surface area contributed by atoms with Crippen LogP contribution in [0.2, 0.25) is 0 Å². The van der Waals surface area contributed by atoms with Crippen LogP contribution in [0.1, 0.15) is 24.2 Å². The second-order valence-corrected chi connectivity index (χ2v) is 7.48. The van der Waals surface area contributed by atoms with Crippen LogP contribution < -0.4 is 4.90 Å². The van der Waals surface area contributed by atoms with E-state index in [0.29, 0.717) is 25.1 Å². The van der Waals surface area contributed by atoms with Crippen LogP contribution in [0, 0.1) is 0 Å². The number of hydrogen-bond donors (Lipinski definition) is 0. The van der Waals surface area contributed by atoms with E-state index in [9.17, 15) is 9.18 Å². The van der Waals surface area contributed by atoms with Crippen LogP contribution in [0.5, 0.6) is 0 Å². The number of benzene rings is 2. The lowest BCUT2D eigenvalue weighted by Crippen LogP contribution is -2.28. The Bertz CT molecular complexity index is 1070. The molecule has 1 aliphatic heterocycles. The number of aromatic nitrogens is 2. The molecule has 1 aliphatic rings. The number of carbonyl (C=O) groups excluding carboxylic acids is 1. The second kappa shape index (κ2) is 8.07. The van der Waals surface area contributed by atoms with Gasteiger partial charge in [0, 0.05) is 32.4 Å². The van der Waals surface area contributed by atoms with Crippen LogP contribution in [-0.4, -0.2) is 41.1 Å². The minimum Gasteiger partial charge on any atom is -0.383 e. The number of para-hydroxylation sites is 3. The van der Waals surface area contributed by atoms with E-state index < -0.39 is 0 Å². The van der Waals surface area contributed by atoms with Crippen LogP contribution in [0.4, 0.5) is 10.1 Å². The Hall–Kier alpha value is -3.15. The first kappa shape index (κ1) is 19.2. The number of hydrogen-bond acceptors (Lipinski definition) is 3. The van der Waals surface area contributed by atoms with E-state index in [1.54, 1.807) is 4.90 Å². The van der Waals surface area contributed by atoms with E-state index in [1.165, 1.54) is 0 Å². The zero-order chi connectivity index (χ0) is 20.4. The Morgan fingerprint density at radius 2 is 1.83 bits per heavy atom. The van der Waals surface area contributed by atoms with Gasteiger partial charge in [0.2, 0.25) is 0 Å². The van der Waals surface area contributed by atoms with Crippen LogP contribution in [0.15, 0.2) is 54.7 Å². The number of nitrogens with zero attached hydrogens (tertiary/aromatic N) is 4. The van der Waals surface area contributed by atoms with Crippen molar-refractivity contribution in [3.63, 3.8) is 0 Å². The number of alkyl halides is 1. The fourth-order valence-electron chi connectivity index (χ4n) is 3.85. The van der Waals surface area contributed by atoms with Gasteiger partial charge in [-0.2, -0.15) is 0 Å². The largest absolute Gasteiger partial charge is 0.383 e. The van der Waals surface area contributed by atoms with Gasteiger partial charge in [0.1, 0.15) is 5.82 Å². The van der Waals surface area contributed by atoms with Crippen molar-refractivity contribution in [1.82, 2.24) is 14.5 Å². The minimum atomic E-state index is -0.321. The van der Waals surface area contributed by atoms with Gasteiger partial charge in [0.05, 0.1) is 35.5 Å². The number of rotatable bonds is 7. The molecule has 29 heavy (non-hydrogen) atoms. The lowest BCUT2D eigenvalue weighted by atomic mass is 10.1. The highest BCUT2D eigenvalue weighted by Gasteiger charge is 2.33. The Labute approximate surface area is 170 Å². The number of amides is 1. The molecule has 2 heterocycles. The summed E-state index contributed by atoms with van der Waals surface area (Å²) in [6, 6.07) is 15.8. The number of unbranched alkanes of at least 4 members (excludes halogenated alkanes) is 1. The highest BCUT2D eigenvalue weighted by Crippen LogP contribution is 2.37. The first-order valence-corrected chi connectivity index (χ1v) is 9.90. The summed E-state index contributed by atoms with van der Waals surface area (Å²) in [6.45, 7) is 0.743. The molecule has 0 spiro atoms. The van der Waals surface area contributed by atoms with Gasteiger partial charge in [-0.15, -0.1) is 0 Å². The molecule has 0 saturated heterocycles. The molecule has 0 saturated carbocycles. The lowest BCUT2D eigenvalue weighted by Gasteiger charge is -2.18. The predicted molar refractivity (Wildman–Crippen MR) is 114 cm³/mol. The van der Waals surface area contributed by atoms with Gasteiger partial charge in [0.25, 0.3) is 5.91 Å². The van der Waals surface area contributed by atoms with Gasteiger partial charge in [-0.3, -0.25) is 9.18 Å². The SMILES string of the molecule is CN(C)C=C1C(=O)N(Cc2nc3ccccc3n2CCCCF)c2ccccc21. The highest BCUT2D eigenvalue weighted by atomic mass is 19.1. The van der Waals surface area contributed by atoms with E-state index in [4.69, 9.17) is 4.98 Å². The molecule has 1 amide bonds. The van der Waals surface area contributed by atoms with E-state index in [0.717, 1.165) is 34.5 Å². The quantitative estimate of drug-likeness (QED) is 0.446. The molecule has 5 nitrogen and oxygen atoms in total. The predicted octanol–water partition coefficient (Wildman–Crippen LogP) is 4.24. The molecular weight excluding hydrogens is 367 g/mol. The van der Waals surface area contributed by atoms with Gasteiger partial charge in [-0.05, 0) is 31.0 Å². The van der Waals surface area contributed by atoms with Crippen molar-refractivity contribution >= 4 is 28.2 Å². The van der Waals surface area contributed by atoms with Crippen LogP contribution in [-0.2, 0) is 17.9 Å². The van der Waals surface area contributed by atoms with Crippen molar-refractivity contribution in [2.24, 2.45) is 0 Å². The van der Waals surface area contributed by atoms with Gasteiger partial charge in [-0.25, -0.2) is 4.98 Å². The minimum absolute atomic E-state index is 0.0257. The maximum absolute atomic E-state index is 13.2. The summed E-state index contributed by atoms with van der Waals surface area (Å²) < 4.78 is 14.8. The molecule has 3 aromatic rings. The maximum Gasteiger partial charge on any atom is 0.260 e. The number of carbonyl (C=O) groups is 1. The average Bonchev–Trinajstić information content (AvgIpc) is 3.19. The van der Waals surface area contributed by atoms with Crippen LogP contribution >= 0.6 is 0 Å². The number of anilines is 1. The third-order valence-corrected chi connectivity index (χ3v) is 5.15. The summed E-state index contributed by atoms with van der Waals surface area (Å²) in [6.07, 6.45) is 3.12.